The van der Waals surface area contributed by atoms with Gasteiger partial charge in [0.25, 0.3) is 0 Å². The zero-order valence-electron chi connectivity index (χ0n) is 48.2. The number of cyclic esters (lactones) is 1. The number of carboxylic acid groups (broad SMARTS) is 1. The molecule has 3 fully saturated rings. The van der Waals surface area contributed by atoms with Crippen LogP contribution in [0.5, 0.6) is 5.75 Å². The summed E-state index contributed by atoms with van der Waals surface area (Å²) in [4.78, 5) is 59.5. The third-order valence-corrected chi connectivity index (χ3v) is 16.2. The van der Waals surface area contributed by atoms with Gasteiger partial charge in [0.2, 0.25) is 12.2 Å². The largest absolute Gasteiger partial charge is 0.493 e. The minimum absolute atomic E-state index is 0.0537. The molecule has 17 atom stereocenters. The van der Waals surface area contributed by atoms with Gasteiger partial charge in [0.05, 0.1) is 65.6 Å². The highest BCUT2D eigenvalue weighted by atomic mass is 32.2. The number of carboxylic acids is 1. The zero-order chi connectivity index (χ0) is 58.5. The molecule has 0 aliphatic carbocycles. The van der Waals surface area contributed by atoms with E-state index in [4.69, 9.17) is 47.5 Å². The van der Waals surface area contributed by atoms with E-state index in [1.165, 1.54) is 34.3 Å². The van der Waals surface area contributed by atoms with Crippen LogP contribution in [0.2, 0.25) is 0 Å². The first kappa shape index (κ1) is 65.8. The second kappa shape index (κ2) is 29.8. The van der Waals surface area contributed by atoms with Gasteiger partial charge in [0.1, 0.15) is 41.3 Å². The van der Waals surface area contributed by atoms with Crippen LogP contribution < -0.4 is 15.5 Å². The fourth-order valence-corrected chi connectivity index (χ4v) is 11.6. The highest BCUT2D eigenvalue weighted by molar-refractivity contribution is 7.99. The van der Waals surface area contributed by atoms with Crippen LogP contribution in [0.15, 0.2) is 34.3 Å². The Labute approximate surface area is 467 Å². The SMILES string of the molecule is CC[C@H]1OC(=O)[C@H](C)[C@@H](O[C@H]2C[C@@H](OC)[C@@H](OC(=O)CCNCCSCCOc3ccc4c(c3)c(=O)c(C(=O)O)cn4CC)[C@H](C)O2)[C@H](C)[C@@H](O[C@@H]2O[C@H](C)C[C@H](N(C)C)[C@H]2O)[C@](C)(O)C[C@@H](C)/C(=N\OCOC)[C@@H](O)[C@]1(C)O. The van der Waals surface area contributed by atoms with E-state index in [-0.39, 0.29) is 61.3 Å². The number of aromatic nitrogens is 1. The predicted molar refractivity (Wildman–Crippen MR) is 293 cm³/mol. The minimum Gasteiger partial charge on any atom is -0.493 e. The number of pyridine rings is 1. The number of hydrogen-bond donors (Lipinski definition) is 6. The number of aliphatic hydroxyl groups excluding tert-OH is 2. The van der Waals surface area contributed by atoms with E-state index in [0.29, 0.717) is 49.7 Å². The number of thioether (sulfide) groups is 1. The normalized spacial score (nSPS) is 34.6. The highest BCUT2D eigenvalue weighted by Crippen LogP contribution is 2.40. The fraction of sp³-hybridized carbons (Fsp3) is 0.764. The van der Waals surface area contributed by atoms with Gasteiger partial charge in [-0.25, -0.2) is 4.79 Å². The standard InChI is InChI=1S/C55H88N4O19S/c1-14-41-55(9,68)49(63)44(57-72-29-69-12)30(3)27-54(8,67)50(78-53-46(62)39(58(10)11)24-31(4)73-53)32(5)47(33(6)52(66)75-41)77-43-26-40(70-13)48(34(7)74-43)76-42(60)18-19-56-20-22-79-23-21-71-35-16-17-38-36(25-35)45(61)37(51(64)65)28-59(38)15-2/h16-17,25,28,30-34,39-41,43,46-50,53,56,62-63,67-68H,14-15,18-24,26-27,29H2,1-13H3,(H,64,65)/b57-44+/t30-,31-,32+,33-,34+,39+,40-,41-,43+,46-,47+,48+,49-,50-,53+,54-,55-/m1/s1. The molecule has 1 aromatic heterocycles. The maximum Gasteiger partial charge on any atom is 0.341 e. The number of aliphatic hydroxyl groups is 4. The van der Waals surface area contributed by atoms with Crippen LogP contribution in [0, 0.1) is 17.8 Å². The summed E-state index contributed by atoms with van der Waals surface area (Å²) in [6.45, 7) is 16.5. The number of oxime groups is 1. The number of carbonyl (C=O) groups excluding carboxylic acids is 2. The summed E-state index contributed by atoms with van der Waals surface area (Å²) < 4.78 is 56.7. The Morgan fingerprint density at radius 2 is 1.70 bits per heavy atom. The van der Waals surface area contributed by atoms with Gasteiger partial charge in [-0.2, -0.15) is 11.8 Å². The maximum atomic E-state index is 14.5. The van der Waals surface area contributed by atoms with Crippen molar-refractivity contribution < 1.29 is 87.4 Å². The van der Waals surface area contributed by atoms with Crippen molar-refractivity contribution in [2.45, 2.75) is 186 Å². The molecule has 3 aliphatic rings. The van der Waals surface area contributed by atoms with Gasteiger partial charge in [-0.1, -0.05) is 25.9 Å². The van der Waals surface area contributed by atoms with Gasteiger partial charge in [0.15, 0.2) is 18.7 Å². The molecular weight excluding hydrogens is 1050 g/mol. The van der Waals surface area contributed by atoms with E-state index >= 15 is 0 Å². The molecule has 0 amide bonds. The summed E-state index contributed by atoms with van der Waals surface area (Å²) in [5.41, 5.74) is -4.25. The van der Waals surface area contributed by atoms with Crippen LogP contribution in [0.4, 0.5) is 0 Å². The third kappa shape index (κ3) is 16.8. The molecule has 0 spiro atoms. The van der Waals surface area contributed by atoms with E-state index < -0.39 is 114 Å². The van der Waals surface area contributed by atoms with E-state index in [2.05, 4.69) is 10.5 Å². The Balaban J connectivity index is 1.25. The third-order valence-electron chi connectivity index (χ3n) is 15.3. The average Bonchev–Trinajstić information content (AvgIpc) is 3.43. The number of carbonyl (C=O) groups is 3. The van der Waals surface area contributed by atoms with Crippen LogP contribution in [-0.2, 0) is 58.9 Å². The molecule has 0 radical (unpaired) electrons. The van der Waals surface area contributed by atoms with Gasteiger partial charge in [-0.3, -0.25) is 14.4 Å². The van der Waals surface area contributed by atoms with Crippen molar-refractivity contribution >= 4 is 46.3 Å². The number of rotatable bonds is 23. The van der Waals surface area contributed by atoms with Crippen molar-refractivity contribution in [3.05, 3.63) is 40.2 Å². The molecular formula is C55H88N4O19S. The molecule has 79 heavy (non-hydrogen) atoms. The van der Waals surface area contributed by atoms with E-state index in [9.17, 15) is 44.7 Å². The maximum absolute atomic E-state index is 14.5. The van der Waals surface area contributed by atoms with Gasteiger partial charge >= 0.3 is 17.9 Å². The number of aryl methyl sites for hydroxylation is 1. The Kier molecular flexibility index (Phi) is 24.8. The summed E-state index contributed by atoms with van der Waals surface area (Å²) >= 11 is 1.63. The van der Waals surface area contributed by atoms with Crippen LogP contribution in [0.1, 0.15) is 105 Å². The van der Waals surface area contributed by atoms with Crippen molar-refractivity contribution in [1.82, 2.24) is 14.8 Å². The Bertz CT molecular complexity index is 2390. The van der Waals surface area contributed by atoms with Crippen LogP contribution in [0.25, 0.3) is 10.9 Å². The monoisotopic (exact) mass is 1140 g/mol. The number of methoxy groups -OCH3 is 2. The predicted octanol–water partition coefficient (Wildman–Crippen LogP) is 3.54. The van der Waals surface area contributed by atoms with Crippen LogP contribution >= 0.6 is 11.8 Å². The van der Waals surface area contributed by atoms with Crippen LogP contribution in [-0.4, -0.2) is 210 Å². The van der Waals surface area contributed by atoms with Crippen LogP contribution in [0.3, 0.4) is 0 Å². The van der Waals surface area contributed by atoms with E-state index in [1.807, 2.05) is 32.8 Å². The molecule has 5 rings (SSSR count). The Hall–Kier alpha value is -4.02. The van der Waals surface area contributed by atoms with Crippen molar-refractivity contribution in [2.75, 3.05) is 66.3 Å². The number of fused-ring (bicyclic) bond motifs is 1. The first-order chi connectivity index (χ1) is 37.3. The molecule has 0 bridgehead atoms. The molecule has 4 heterocycles. The molecule has 24 heteroatoms. The van der Waals surface area contributed by atoms with Crippen molar-refractivity contribution in [1.29, 1.82) is 0 Å². The van der Waals surface area contributed by atoms with E-state index in [1.54, 1.807) is 69.1 Å². The number of ether oxygens (including phenoxy) is 9. The number of esters is 2. The summed E-state index contributed by atoms with van der Waals surface area (Å²) in [7, 11) is 6.56. The second-order valence-electron chi connectivity index (χ2n) is 21.7. The lowest BCUT2D eigenvalue weighted by molar-refractivity contribution is -0.311. The Morgan fingerprint density at radius 1 is 0.975 bits per heavy atom. The number of nitrogens with zero attached hydrogens (tertiary/aromatic N) is 3. The molecule has 0 saturated carbocycles. The number of likely N-dealkylation sites (N-methyl/N-ethyl adjacent to an activating group) is 1. The smallest absolute Gasteiger partial charge is 0.341 e. The summed E-state index contributed by atoms with van der Waals surface area (Å²) in [6.07, 6.45) is -9.65. The number of benzene rings is 1. The second-order valence-corrected chi connectivity index (χ2v) is 22.9. The summed E-state index contributed by atoms with van der Waals surface area (Å²) in [5.74, 6) is -3.59. The molecule has 23 nitrogen and oxygen atoms in total. The summed E-state index contributed by atoms with van der Waals surface area (Å²) in [6, 6.07) is 4.70. The lowest BCUT2D eigenvalue weighted by Gasteiger charge is -2.47. The molecule has 3 aliphatic heterocycles. The molecule has 6 N–H and O–H groups in total. The molecule has 0 unspecified atom stereocenters. The number of hydrogen-bond acceptors (Lipinski definition) is 22. The molecule has 448 valence electrons. The lowest BCUT2D eigenvalue weighted by atomic mass is 9.75. The fourth-order valence-electron chi connectivity index (χ4n) is 10.9. The lowest BCUT2D eigenvalue weighted by Crippen LogP contribution is -2.60. The Morgan fingerprint density at radius 3 is 2.34 bits per heavy atom. The number of nitrogens with one attached hydrogen (secondary N) is 1. The highest BCUT2D eigenvalue weighted by Gasteiger charge is 2.53. The molecule has 3 saturated heterocycles. The summed E-state index contributed by atoms with van der Waals surface area (Å²) in [5, 5.41) is 65.6. The first-order valence-corrected chi connectivity index (χ1v) is 28.5. The minimum atomic E-state index is -2.11. The molecule has 1 aromatic carbocycles. The average molecular weight is 1140 g/mol. The van der Waals surface area contributed by atoms with Crippen molar-refractivity contribution in [2.24, 2.45) is 22.9 Å². The van der Waals surface area contributed by atoms with Gasteiger partial charge in [-0.05, 0) is 93.1 Å². The zero-order valence-corrected chi connectivity index (χ0v) is 49.0. The van der Waals surface area contributed by atoms with Gasteiger partial charge in [0, 0.05) is 75.9 Å². The quantitative estimate of drug-likeness (QED) is 0.0401. The molecule has 2 aromatic rings. The van der Waals surface area contributed by atoms with Gasteiger partial charge in [-0.15, -0.1) is 0 Å². The van der Waals surface area contributed by atoms with Crippen molar-refractivity contribution in [3.8, 4) is 5.75 Å². The van der Waals surface area contributed by atoms with Crippen molar-refractivity contribution in [3.63, 3.8) is 0 Å². The number of aromatic carboxylic acids is 1. The van der Waals surface area contributed by atoms with E-state index in [0.717, 1.165) is 5.75 Å². The first-order valence-electron chi connectivity index (χ1n) is 27.3. The van der Waals surface area contributed by atoms with Gasteiger partial charge < -0.3 is 87.8 Å². The topological polar surface area (TPSA) is 294 Å².